The van der Waals surface area contributed by atoms with Crippen LogP contribution in [-0.4, -0.2) is 61.0 Å². The summed E-state index contributed by atoms with van der Waals surface area (Å²) in [6, 6.07) is 2.74. The summed E-state index contributed by atoms with van der Waals surface area (Å²) in [5.41, 5.74) is 0. The molecule has 0 saturated carbocycles. The molecule has 23 heavy (non-hydrogen) atoms. The second-order valence-electron chi connectivity index (χ2n) is 6.29. The van der Waals surface area contributed by atoms with Crippen LogP contribution < -0.4 is 0 Å². The third kappa shape index (κ3) is 12.4. The number of nitriles is 1. The van der Waals surface area contributed by atoms with Crippen LogP contribution in [0.3, 0.4) is 0 Å². The number of rotatable bonds is 13. The number of hydrogen-bond acceptors (Lipinski definition) is 6. The van der Waals surface area contributed by atoms with E-state index in [2.05, 4.69) is 38.4 Å². The zero-order chi connectivity index (χ0) is 17.9. The molecule has 0 bridgehead atoms. The molecule has 8 heteroatoms. The van der Waals surface area contributed by atoms with Gasteiger partial charge in [-0.05, 0) is 41.0 Å². The third-order valence-electron chi connectivity index (χ3n) is 2.87. The fourth-order valence-electron chi connectivity index (χ4n) is 1.87. The lowest BCUT2D eigenvalue weighted by Gasteiger charge is -2.35. The predicted molar refractivity (Wildman–Crippen MR) is 103 cm³/mol. The first kappa shape index (κ1) is 23.4. The molecule has 0 spiro atoms. The summed E-state index contributed by atoms with van der Waals surface area (Å²) in [5.74, 6) is 1.77. The Bertz CT molecular complexity index is 389. The molecule has 0 N–H and O–H groups in total. The molecule has 0 aliphatic carbocycles. The van der Waals surface area contributed by atoms with Crippen molar-refractivity contribution in [1.29, 1.82) is 5.26 Å². The van der Waals surface area contributed by atoms with Gasteiger partial charge in [-0.3, -0.25) is 0 Å². The molecule has 0 aromatic rings. The van der Waals surface area contributed by atoms with Crippen LogP contribution in [0.1, 0.15) is 34.1 Å². The summed E-state index contributed by atoms with van der Waals surface area (Å²) >= 11 is 1.77. The molecule has 0 saturated heterocycles. The first-order valence-corrected chi connectivity index (χ1v) is 13.1. The summed E-state index contributed by atoms with van der Waals surface area (Å²) < 4.78 is 25.7. The van der Waals surface area contributed by atoms with Crippen LogP contribution in [0.25, 0.3) is 0 Å². The van der Waals surface area contributed by atoms with E-state index in [1.54, 1.807) is 11.8 Å². The Morgan fingerprint density at radius 3 is 2.17 bits per heavy atom. The average molecular weight is 382 g/mol. The fourth-order valence-corrected chi connectivity index (χ4v) is 6.27. The Morgan fingerprint density at radius 1 is 1.13 bits per heavy atom. The third-order valence-corrected chi connectivity index (χ3v) is 7.52. The van der Waals surface area contributed by atoms with E-state index in [-0.39, 0.29) is 0 Å². The number of thioether (sulfide) groups is 1. The van der Waals surface area contributed by atoms with Crippen molar-refractivity contribution in [3.8, 4) is 6.07 Å². The van der Waals surface area contributed by atoms with Crippen molar-refractivity contribution >= 4 is 27.4 Å². The summed E-state index contributed by atoms with van der Waals surface area (Å²) in [4.78, 5) is 0. The Kier molecular flexibility index (Phi) is 12.9. The molecule has 0 aromatic heterocycles. The van der Waals surface area contributed by atoms with Crippen LogP contribution in [-0.2, 0) is 13.6 Å². The maximum Gasteiger partial charge on any atom is 0.259 e. The average Bonchev–Trinajstić information content (AvgIpc) is 2.40. The quantitative estimate of drug-likeness (QED) is 0.342. The molecule has 1 unspecified atom stereocenters. The molecule has 0 aliphatic rings. The van der Waals surface area contributed by atoms with Crippen LogP contribution in [0, 0.1) is 11.3 Å². The van der Waals surface area contributed by atoms with Gasteiger partial charge in [0.25, 0.3) is 8.53 Å². The molecule has 0 heterocycles. The van der Waals surface area contributed by atoms with Gasteiger partial charge >= 0.3 is 0 Å². The van der Waals surface area contributed by atoms with Gasteiger partial charge < -0.3 is 13.6 Å². The standard InChI is InChI=1S/C15H32N2O3P2S/c1-14(2)17(15(3)4)21(19-9-7-8-16)20-10-12-23-13-11-22(5,6)18/h14-15H,7,9-13H2,1-6H3. The van der Waals surface area contributed by atoms with Gasteiger partial charge in [-0.2, -0.15) is 17.0 Å². The highest BCUT2D eigenvalue weighted by Crippen LogP contribution is 2.46. The minimum Gasteiger partial charge on any atom is -0.324 e. The van der Waals surface area contributed by atoms with Crippen molar-refractivity contribution in [3.05, 3.63) is 0 Å². The Balaban J connectivity index is 4.30. The van der Waals surface area contributed by atoms with E-state index in [9.17, 15) is 4.57 Å². The van der Waals surface area contributed by atoms with Crippen LogP contribution in [0.5, 0.6) is 0 Å². The van der Waals surface area contributed by atoms with Crippen LogP contribution in [0.2, 0.25) is 0 Å². The molecular weight excluding hydrogens is 350 g/mol. The van der Waals surface area contributed by atoms with Crippen molar-refractivity contribution in [2.75, 3.05) is 44.2 Å². The van der Waals surface area contributed by atoms with E-state index in [4.69, 9.17) is 14.3 Å². The Labute approximate surface area is 147 Å². The van der Waals surface area contributed by atoms with Crippen molar-refractivity contribution in [2.45, 2.75) is 46.2 Å². The Hall–Kier alpha value is 0.380. The molecule has 0 aromatic carbocycles. The van der Waals surface area contributed by atoms with Crippen LogP contribution >= 0.6 is 27.4 Å². The first-order chi connectivity index (χ1) is 10.7. The number of nitrogens with zero attached hydrogens (tertiary/aromatic N) is 2. The lowest BCUT2D eigenvalue weighted by Crippen LogP contribution is -2.33. The molecule has 136 valence electrons. The van der Waals surface area contributed by atoms with Gasteiger partial charge in [0.2, 0.25) is 0 Å². The second-order valence-corrected chi connectivity index (χ2v) is 12.6. The number of hydrogen-bond donors (Lipinski definition) is 0. The van der Waals surface area contributed by atoms with Gasteiger partial charge in [0.05, 0.1) is 32.8 Å². The van der Waals surface area contributed by atoms with E-state index >= 15 is 0 Å². The lowest BCUT2D eigenvalue weighted by molar-refractivity contribution is 0.182. The zero-order valence-electron chi connectivity index (χ0n) is 15.3. The topological polar surface area (TPSA) is 62.6 Å². The fraction of sp³-hybridized carbons (Fsp3) is 0.933. The van der Waals surface area contributed by atoms with Crippen molar-refractivity contribution in [3.63, 3.8) is 0 Å². The normalized spacial score (nSPS) is 13.7. The maximum absolute atomic E-state index is 11.6. The van der Waals surface area contributed by atoms with E-state index in [1.807, 2.05) is 13.3 Å². The molecule has 0 aliphatic heterocycles. The highest BCUT2D eigenvalue weighted by atomic mass is 32.2. The molecule has 1 atom stereocenters. The molecule has 5 nitrogen and oxygen atoms in total. The molecule has 0 radical (unpaired) electrons. The Morgan fingerprint density at radius 2 is 1.70 bits per heavy atom. The van der Waals surface area contributed by atoms with Gasteiger partial charge in [-0.25, -0.2) is 4.67 Å². The van der Waals surface area contributed by atoms with Crippen LogP contribution in [0.4, 0.5) is 0 Å². The van der Waals surface area contributed by atoms with Gasteiger partial charge in [-0.1, -0.05) is 0 Å². The van der Waals surface area contributed by atoms with Gasteiger partial charge in [-0.15, -0.1) is 0 Å². The summed E-state index contributed by atoms with van der Waals surface area (Å²) in [6.07, 6.45) is 1.15. The highest BCUT2D eigenvalue weighted by Gasteiger charge is 2.26. The maximum atomic E-state index is 11.6. The van der Waals surface area contributed by atoms with E-state index < -0.39 is 15.7 Å². The smallest absolute Gasteiger partial charge is 0.259 e. The van der Waals surface area contributed by atoms with E-state index in [1.165, 1.54) is 0 Å². The SMILES string of the molecule is CC(C)N(C(C)C)P(OCCC#N)OCCSCCP(C)(C)=O. The van der Waals surface area contributed by atoms with E-state index in [0.717, 1.165) is 17.7 Å². The van der Waals surface area contributed by atoms with Crippen molar-refractivity contribution in [1.82, 2.24) is 4.67 Å². The minimum atomic E-state index is -1.91. The van der Waals surface area contributed by atoms with Gasteiger partial charge in [0, 0.05) is 29.8 Å². The largest absolute Gasteiger partial charge is 0.324 e. The lowest BCUT2D eigenvalue weighted by atomic mass is 10.3. The second kappa shape index (κ2) is 12.7. The zero-order valence-corrected chi connectivity index (χ0v) is 17.9. The predicted octanol–water partition coefficient (Wildman–Crippen LogP) is 4.63. The van der Waals surface area contributed by atoms with Gasteiger partial charge in [0.15, 0.2) is 0 Å². The monoisotopic (exact) mass is 382 g/mol. The van der Waals surface area contributed by atoms with Crippen molar-refractivity contribution in [2.24, 2.45) is 0 Å². The first-order valence-electron chi connectivity index (χ1n) is 8.02. The van der Waals surface area contributed by atoms with Crippen molar-refractivity contribution < 1.29 is 13.6 Å². The minimum absolute atomic E-state index is 0.321. The molecule has 0 rings (SSSR count). The highest BCUT2D eigenvalue weighted by molar-refractivity contribution is 7.99. The van der Waals surface area contributed by atoms with Gasteiger partial charge in [0.1, 0.15) is 0 Å². The summed E-state index contributed by atoms with van der Waals surface area (Å²) in [6.45, 7) is 13.2. The molecular formula is C15H32N2O3P2S. The summed E-state index contributed by atoms with van der Waals surface area (Å²) in [7, 11) is -3.06. The molecule has 0 amide bonds. The van der Waals surface area contributed by atoms with Crippen LogP contribution in [0.15, 0.2) is 0 Å². The molecule has 0 fully saturated rings. The van der Waals surface area contributed by atoms with E-state index in [0.29, 0.717) is 31.7 Å². The summed E-state index contributed by atoms with van der Waals surface area (Å²) in [5, 5.41) is 8.67.